The van der Waals surface area contributed by atoms with Crippen LogP contribution < -0.4 is 16.2 Å². The molecule has 2 aromatic carbocycles. The van der Waals surface area contributed by atoms with Gasteiger partial charge in [0.15, 0.2) is 0 Å². The van der Waals surface area contributed by atoms with Gasteiger partial charge in [0.2, 0.25) is 0 Å². The highest BCUT2D eigenvalue weighted by molar-refractivity contribution is 7.27. The van der Waals surface area contributed by atoms with Crippen molar-refractivity contribution in [1.82, 2.24) is 14.9 Å². The van der Waals surface area contributed by atoms with Crippen LogP contribution in [-0.2, 0) is 11.2 Å². The number of aliphatic hydroxyl groups is 1. The van der Waals surface area contributed by atoms with Crippen molar-refractivity contribution >= 4 is 31.4 Å². The molecule has 3 aromatic rings. The molecule has 3 atom stereocenters. The number of ether oxygens (including phenoxy) is 1. The zero-order valence-corrected chi connectivity index (χ0v) is 19.7. The molecule has 0 bridgehead atoms. The van der Waals surface area contributed by atoms with E-state index < -0.39 is 6.10 Å². The molecule has 1 amide bonds. The van der Waals surface area contributed by atoms with Crippen LogP contribution in [-0.4, -0.2) is 46.9 Å². The number of hydrogen-bond acceptors (Lipinski definition) is 5. The fraction of sp³-hybridized carbons (Fsp3) is 0.375. The summed E-state index contributed by atoms with van der Waals surface area (Å²) >= 11 is 0. The lowest BCUT2D eigenvalue weighted by Gasteiger charge is -2.29. The third-order valence-corrected chi connectivity index (χ3v) is 6.86. The van der Waals surface area contributed by atoms with Crippen molar-refractivity contribution in [3.8, 4) is 0 Å². The first-order chi connectivity index (χ1) is 15.3. The lowest BCUT2D eigenvalue weighted by atomic mass is 9.94. The zero-order valence-electron chi connectivity index (χ0n) is 18.5. The SMILES string of the molecule is CNC(=O)c1ccc(Cc2cc3c(=O)n([C@H]4CCOC[C@@H]4O)cnc3c(C)c2C)cc1P. The third kappa shape index (κ3) is 4.08. The molecule has 8 heteroatoms. The van der Waals surface area contributed by atoms with Crippen LogP contribution in [0.1, 0.15) is 45.1 Å². The summed E-state index contributed by atoms with van der Waals surface area (Å²) in [5.74, 6) is -0.124. The molecule has 7 nitrogen and oxygen atoms in total. The molecule has 0 radical (unpaired) electrons. The standard InChI is InChI=1S/C24H28N3O4P/c1-13-14(2)22-18(24(30)27(12-26-22)19-6-7-31-11-20(19)28)10-16(13)8-15-4-5-17(21(32)9-15)23(29)25-3/h4-5,9-10,12,19-20,28H,6-8,11,32H2,1-3H3,(H,25,29)/t19-,20-/m0/s1. The molecule has 1 unspecified atom stereocenters. The Hall–Kier alpha value is -2.60. The predicted molar refractivity (Wildman–Crippen MR) is 128 cm³/mol. The molecule has 0 spiro atoms. The van der Waals surface area contributed by atoms with E-state index in [1.54, 1.807) is 17.9 Å². The predicted octanol–water partition coefficient (Wildman–Crippen LogP) is 1.79. The van der Waals surface area contributed by atoms with Crippen LogP contribution in [0, 0.1) is 13.8 Å². The van der Waals surface area contributed by atoms with Gasteiger partial charge in [-0.15, -0.1) is 9.24 Å². The number of aryl methyl sites for hydroxylation is 1. The van der Waals surface area contributed by atoms with Crippen molar-refractivity contribution in [1.29, 1.82) is 0 Å². The highest BCUT2D eigenvalue weighted by Crippen LogP contribution is 2.26. The number of aliphatic hydroxyl groups excluding tert-OH is 1. The van der Waals surface area contributed by atoms with Gasteiger partial charge in [0.1, 0.15) is 0 Å². The highest BCUT2D eigenvalue weighted by atomic mass is 31.0. The monoisotopic (exact) mass is 453 g/mol. The van der Waals surface area contributed by atoms with Crippen molar-refractivity contribution in [2.24, 2.45) is 0 Å². The van der Waals surface area contributed by atoms with Gasteiger partial charge in [-0.1, -0.05) is 12.1 Å². The lowest BCUT2D eigenvalue weighted by Crippen LogP contribution is -2.39. The highest BCUT2D eigenvalue weighted by Gasteiger charge is 2.27. The molecule has 2 N–H and O–H groups in total. The van der Waals surface area contributed by atoms with Crippen molar-refractivity contribution in [2.45, 2.75) is 38.8 Å². The van der Waals surface area contributed by atoms with Crippen molar-refractivity contribution in [3.63, 3.8) is 0 Å². The molecule has 1 saturated heterocycles. The maximum absolute atomic E-state index is 13.4. The number of amides is 1. The Morgan fingerprint density at radius 3 is 2.78 bits per heavy atom. The number of fused-ring (bicyclic) bond motifs is 1. The van der Waals surface area contributed by atoms with E-state index in [2.05, 4.69) is 19.5 Å². The van der Waals surface area contributed by atoms with Crippen molar-refractivity contribution < 1.29 is 14.6 Å². The Morgan fingerprint density at radius 1 is 1.31 bits per heavy atom. The molecule has 4 rings (SSSR count). The van der Waals surface area contributed by atoms with E-state index in [9.17, 15) is 14.7 Å². The van der Waals surface area contributed by atoms with E-state index in [0.717, 1.165) is 27.6 Å². The Bertz CT molecular complexity index is 1250. The van der Waals surface area contributed by atoms with Gasteiger partial charge < -0.3 is 15.2 Å². The molecule has 1 aliphatic rings. The fourth-order valence-corrected chi connectivity index (χ4v) is 4.79. The zero-order chi connectivity index (χ0) is 23.0. The first-order valence-electron chi connectivity index (χ1n) is 10.7. The van der Waals surface area contributed by atoms with Crippen LogP contribution in [0.15, 0.2) is 35.4 Å². The summed E-state index contributed by atoms with van der Waals surface area (Å²) in [6, 6.07) is 7.33. The summed E-state index contributed by atoms with van der Waals surface area (Å²) in [6.07, 6.45) is 2.02. The van der Waals surface area contributed by atoms with E-state index in [4.69, 9.17) is 4.74 Å². The number of benzene rings is 2. The number of rotatable bonds is 4. The first kappa shape index (κ1) is 22.6. The smallest absolute Gasteiger partial charge is 0.261 e. The Labute approximate surface area is 189 Å². The van der Waals surface area contributed by atoms with Crippen LogP contribution in [0.5, 0.6) is 0 Å². The molecule has 0 saturated carbocycles. The second-order valence-electron chi connectivity index (χ2n) is 8.31. The van der Waals surface area contributed by atoms with Crippen molar-refractivity contribution in [3.05, 3.63) is 68.8 Å². The molecular weight excluding hydrogens is 425 g/mol. The van der Waals surface area contributed by atoms with Gasteiger partial charge in [-0.2, -0.15) is 0 Å². The number of nitrogens with zero attached hydrogens (tertiary/aromatic N) is 2. The second-order valence-corrected chi connectivity index (χ2v) is 8.94. The summed E-state index contributed by atoms with van der Waals surface area (Å²) in [6.45, 7) is 4.75. The average molecular weight is 453 g/mol. The van der Waals surface area contributed by atoms with E-state index in [-0.39, 0.29) is 24.1 Å². The summed E-state index contributed by atoms with van der Waals surface area (Å²) < 4.78 is 6.86. The second kappa shape index (κ2) is 9.10. The Kier molecular flexibility index (Phi) is 6.42. The van der Waals surface area contributed by atoms with Crippen LogP contribution in [0.2, 0.25) is 0 Å². The summed E-state index contributed by atoms with van der Waals surface area (Å²) in [7, 11) is 4.23. The molecule has 0 aliphatic carbocycles. The van der Waals surface area contributed by atoms with E-state index in [1.165, 1.54) is 0 Å². The quantitative estimate of drug-likeness (QED) is 0.588. The molecule has 32 heavy (non-hydrogen) atoms. The van der Waals surface area contributed by atoms with Gasteiger partial charge in [0, 0.05) is 19.2 Å². The van der Waals surface area contributed by atoms with Gasteiger partial charge in [0.05, 0.1) is 36.0 Å². The van der Waals surface area contributed by atoms with Crippen LogP contribution in [0.3, 0.4) is 0 Å². The minimum Gasteiger partial charge on any atom is -0.389 e. The fourth-order valence-electron chi connectivity index (χ4n) is 4.35. The largest absolute Gasteiger partial charge is 0.389 e. The van der Waals surface area contributed by atoms with E-state index in [1.807, 2.05) is 38.1 Å². The first-order valence-corrected chi connectivity index (χ1v) is 11.3. The minimum atomic E-state index is -0.731. The van der Waals surface area contributed by atoms with Gasteiger partial charge >= 0.3 is 0 Å². The van der Waals surface area contributed by atoms with Gasteiger partial charge in [0.25, 0.3) is 11.5 Å². The van der Waals surface area contributed by atoms with Crippen LogP contribution in [0.25, 0.3) is 10.9 Å². The molecule has 1 fully saturated rings. The van der Waals surface area contributed by atoms with Gasteiger partial charge in [-0.05, 0) is 66.4 Å². The third-order valence-electron chi connectivity index (χ3n) is 6.38. The number of aromatic nitrogens is 2. The maximum atomic E-state index is 13.4. The summed E-state index contributed by atoms with van der Waals surface area (Å²) in [5, 5.41) is 14.4. The summed E-state index contributed by atoms with van der Waals surface area (Å²) in [4.78, 5) is 29.9. The molecular formula is C24H28N3O4P. The summed E-state index contributed by atoms with van der Waals surface area (Å²) in [5.41, 5.74) is 5.32. The lowest BCUT2D eigenvalue weighted by molar-refractivity contribution is -0.0395. The molecule has 1 aliphatic heterocycles. The Balaban J connectivity index is 1.76. The molecule has 1 aromatic heterocycles. The number of hydrogen-bond donors (Lipinski definition) is 2. The van der Waals surface area contributed by atoms with Crippen molar-refractivity contribution in [2.75, 3.05) is 20.3 Å². The number of carbonyl (C=O) groups is 1. The van der Waals surface area contributed by atoms with E-state index >= 15 is 0 Å². The topological polar surface area (TPSA) is 93.5 Å². The average Bonchev–Trinajstić information content (AvgIpc) is 2.78. The maximum Gasteiger partial charge on any atom is 0.261 e. The number of carbonyl (C=O) groups excluding carboxylic acids is 1. The molecule has 168 valence electrons. The van der Waals surface area contributed by atoms with E-state index in [0.29, 0.717) is 35.9 Å². The Morgan fingerprint density at radius 2 is 2.09 bits per heavy atom. The van der Waals surface area contributed by atoms with Gasteiger partial charge in [-0.3, -0.25) is 14.2 Å². The van der Waals surface area contributed by atoms with Gasteiger partial charge in [-0.25, -0.2) is 4.98 Å². The van der Waals surface area contributed by atoms with Crippen LogP contribution >= 0.6 is 9.24 Å². The molecule has 2 heterocycles. The van der Waals surface area contributed by atoms with Crippen LogP contribution in [0.4, 0.5) is 0 Å². The normalized spacial score (nSPS) is 18.7. The minimum absolute atomic E-state index is 0.124. The number of nitrogens with one attached hydrogen (secondary N) is 1.